The number of rotatable bonds is 9. The minimum atomic E-state index is -3.14. The summed E-state index contributed by atoms with van der Waals surface area (Å²) < 4.78 is 28.4. The van der Waals surface area contributed by atoms with Crippen LogP contribution >= 0.6 is 0 Å². The number of nitrogens with one attached hydrogen (secondary N) is 2. The van der Waals surface area contributed by atoms with Crippen LogP contribution in [-0.4, -0.2) is 52.1 Å². The molecule has 2 N–H and O–H groups in total. The molecule has 0 bridgehead atoms. The molecule has 0 amide bonds. The van der Waals surface area contributed by atoms with Crippen LogP contribution in [0.25, 0.3) is 0 Å². The molecule has 0 fully saturated rings. The van der Waals surface area contributed by atoms with Crippen molar-refractivity contribution >= 4 is 15.8 Å². The Morgan fingerprint density at radius 2 is 1.88 bits per heavy atom. The average Bonchev–Trinajstić information content (AvgIpc) is 2.56. The lowest BCUT2D eigenvalue weighted by Crippen LogP contribution is -2.47. The summed E-state index contributed by atoms with van der Waals surface area (Å²) in [6, 6.07) is 10.1. The predicted molar refractivity (Wildman–Crippen MR) is 104 cm³/mol. The fraction of sp³-hybridized carbons (Fsp3) is 0.611. The molecule has 1 aromatic carbocycles. The molecule has 0 aromatic heterocycles. The van der Waals surface area contributed by atoms with E-state index in [-0.39, 0.29) is 6.10 Å². The molecular weight excluding hydrogens is 338 g/mol. The van der Waals surface area contributed by atoms with E-state index in [1.165, 1.54) is 6.26 Å². The lowest BCUT2D eigenvalue weighted by Gasteiger charge is -2.24. The second-order valence-electron chi connectivity index (χ2n) is 6.66. The summed E-state index contributed by atoms with van der Waals surface area (Å²) in [5.74, 6) is 0.591. The Hall–Kier alpha value is -1.60. The van der Waals surface area contributed by atoms with Gasteiger partial charge in [-0.2, -0.15) is 0 Å². The van der Waals surface area contributed by atoms with Crippen LogP contribution in [0.2, 0.25) is 0 Å². The zero-order valence-corrected chi connectivity index (χ0v) is 16.7. The highest BCUT2D eigenvalue weighted by molar-refractivity contribution is 7.92. The maximum atomic E-state index is 11.7. The van der Waals surface area contributed by atoms with E-state index < -0.39 is 14.6 Å². The summed E-state index contributed by atoms with van der Waals surface area (Å²) >= 11 is 0. The van der Waals surface area contributed by atoms with Crippen molar-refractivity contribution in [3.63, 3.8) is 0 Å². The molecule has 1 unspecified atom stereocenters. The smallest absolute Gasteiger partial charge is 0.191 e. The van der Waals surface area contributed by atoms with Crippen molar-refractivity contribution in [3.8, 4) is 0 Å². The molecule has 0 saturated carbocycles. The van der Waals surface area contributed by atoms with Gasteiger partial charge in [0.25, 0.3) is 0 Å². The summed E-state index contributed by atoms with van der Waals surface area (Å²) in [7, 11) is -1.47. The monoisotopic (exact) mass is 369 g/mol. The number of sulfone groups is 1. The fourth-order valence-corrected chi connectivity index (χ4v) is 2.34. The molecule has 1 atom stereocenters. The molecule has 25 heavy (non-hydrogen) atoms. The van der Waals surface area contributed by atoms with Gasteiger partial charge in [-0.15, -0.1) is 0 Å². The van der Waals surface area contributed by atoms with Crippen LogP contribution in [-0.2, 0) is 14.6 Å². The zero-order chi connectivity index (χ0) is 18.9. The number of guanidine groups is 1. The Kier molecular flexibility index (Phi) is 8.38. The Bertz CT molecular complexity index is 643. The van der Waals surface area contributed by atoms with Crippen molar-refractivity contribution in [2.24, 2.45) is 4.99 Å². The van der Waals surface area contributed by atoms with E-state index >= 15 is 0 Å². The third-order valence-electron chi connectivity index (χ3n) is 4.16. The third kappa shape index (κ3) is 7.44. The number of hydrogen-bond donors (Lipinski definition) is 2. The maximum absolute atomic E-state index is 11.7. The van der Waals surface area contributed by atoms with Crippen LogP contribution < -0.4 is 10.6 Å². The van der Waals surface area contributed by atoms with E-state index in [0.717, 1.165) is 12.0 Å². The standard InChI is InChI=1S/C18H31N3O3S/c1-15(16-10-7-6-8-11-16)24-13-9-12-20-17(19-4)21-14-18(2,3)25(5,22)23/h6-8,10-11,15H,9,12-14H2,1-5H3,(H2,19,20,21). The van der Waals surface area contributed by atoms with Crippen LogP contribution in [0.5, 0.6) is 0 Å². The summed E-state index contributed by atoms with van der Waals surface area (Å²) in [6.45, 7) is 7.06. The summed E-state index contributed by atoms with van der Waals surface area (Å²) in [6.07, 6.45) is 2.14. The van der Waals surface area contributed by atoms with E-state index in [9.17, 15) is 8.42 Å². The first-order chi connectivity index (χ1) is 11.7. The van der Waals surface area contributed by atoms with Crippen molar-refractivity contribution in [2.45, 2.75) is 38.0 Å². The molecule has 0 aliphatic heterocycles. The van der Waals surface area contributed by atoms with Crippen molar-refractivity contribution in [1.29, 1.82) is 0 Å². The lowest BCUT2D eigenvalue weighted by atomic mass is 10.1. The molecular formula is C18H31N3O3S. The Morgan fingerprint density at radius 1 is 1.24 bits per heavy atom. The molecule has 1 aromatic rings. The molecule has 6 nitrogen and oxygen atoms in total. The maximum Gasteiger partial charge on any atom is 0.191 e. The quantitative estimate of drug-likeness (QED) is 0.396. The highest BCUT2D eigenvalue weighted by Crippen LogP contribution is 2.15. The van der Waals surface area contributed by atoms with E-state index in [2.05, 4.69) is 27.8 Å². The second-order valence-corrected chi connectivity index (χ2v) is 9.31. The molecule has 0 aliphatic carbocycles. The molecule has 0 radical (unpaired) electrons. The minimum absolute atomic E-state index is 0.0641. The van der Waals surface area contributed by atoms with E-state index in [0.29, 0.717) is 25.7 Å². The Morgan fingerprint density at radius 3 is 2.44 bits per heavy atom. The van der Waals surface area contributed by atoms with Crippen molar-refractivity contribution < 1.29 is 13.2 Å². The molecule has 1 rings (SSSR count). The van der Waals surface area contributed by atoms with Gasteiger partial charge in [-0.3, -0.25) is 4.99 Å². The molecule has 0 heterocycles. The summed E-state index contributed by atoms with van der Waals surface area (Å²) in [5, 5.41) is 6.23. The summed E-state index contributed by atoms with van der Waals surface area (Å²) in [5.41, 5.74) is 1.16. The fourth-order valence-electron chi connectivity index (χ4n) is 2.01. The van der Waals surface area contributed by atoms with Crippen molar-refractivity contribution in [2.75, 3.05) is 33.0 Å². The predicted octanol–water partition coefficient (Wildman–Crippen LogP) is 2.14. The van der Waals surface area contributed by atoms with Gasteiger partial charge in [0.2, 0.25) is 0 Å². The summed E-state index contributed by atoms with van der Waals surface area (Å²) in [4.78, 5) is 4.11. The van der Waals surface area contributed by atoms with Crippen LogP contribution in [0.3, 0.4) is 0 Å². The highest BCUT2D eigenvalue weighted by Gasteiger charge is 2.30. The number of benzene rings is 1. The van der Waals surface area contributed by atoms with E-state index in [4.69, 9.17) is 4.74 Å². The van der Waals surface area contributed by atoms with E-state index in [1.807, 2.05) is 25.1 Å². The van der Waals surface area contributed by atoms with Gasteiger partial charge in [0.15, 0.2) is 15.8 Å². The van der Waals surface area contributed by atoms with Gasteiger partial charge in [-0.1, -0.05) is 30.3 Å². The first kappa shape index (κ1) is 21.4. The van der Waals surface area contributed by atoms with Crippen LogP contribution in [0, 0.1) is 0 Å². The Balaban J connectivity index is 2.28. The van der Waals surface area contributed by atoms with Gasteiger partial charge in [-0.05, 0) is 32.8 Å². The van der Waals surface area contributed by atoms with Crippen LogP contribution in [0.1, 0.15) is 38.9 Å². The van der Waals surface area contributed by atoms with Gasteiger partial charge in [0, 0.05) is 33.0 Å². The minimum Gasteiger partial charge on any atom is -0.374 e. The van der Waals surface area contributed by atoms with E-state index in [1.54, 1.807) is 20.9 Å². The molecule has 0 aliphatic rings. The number of hydrogen-bond acceptors (Lipinski definition) is 4. The number of aliphatic imine (C=N–C) groups is 1. The van der Waals surface area contributed by atoms with Gasteiger partial charge in [0.05, 0.1) is 10.9 Å². The highest BCUT2D eigenvalue weighted by atomic mass is 32.2. The van der Waals surface area contributed by atoms with Gasteiger partial charge < -0.3 is 15.4 Å². The normalized spacial score (nSPS) is 14.2. The van der Waals surface area contributed by atoms with Crippen LogP contribution in [0.15, 0.2) is 35.3 Å². The SMILES string of the molecule is CN=C(NCCCOC(C)c1ccccc1)NCC(C)(C)S(C)(=O)=O. The molecule has 0 spiro atoms. The van der Waals surface area contributed by atoms with Crippen LogP contribution in [0.4, 0.5) is 0 Å². The zero-order valence-electron chi connectivity index (χ0n) is 15.9. The second kappa shape index (κ2) is 9.77. The largest absolute Gasteiger partial charge is 0.374 e. The Labute approximate surface area is 152 Å². The third-order valence-corrected chi connectivity index (χ3v) is 6.31. The van der Waals surface area contributed by atoms with Gasteiger partial charge in [-0.25, -0.2) is 8.42 Å². The topological polar surface area (TPSA) is 79.8 Å². The number of nitrogens with zero attached hydrogens (tertiary/aromatic N) is 1. The first-order valence-electron chi connectivity index (χ1n) is 8.48. The first-order valence-corrected chi connectivity index (χ1v) is 10.4. The molecule has 142 valence electrons. The van der Waals surface area contributed by atoms with Crippen molar-refractivity contribution in [1.82, 2.24) is 10.6 Å². The van der Waals surface area contributed by atoms with Gasteiger partial charge >= 0.3 is 0 Å². The number of ether oxygens (including phenoxy) is 1. The average molecular weight is 370 g/mol. The molecule has 0 saturated heterocycles. The lowest BCUT2D eigenvalue weighted by molar-refractivity contribution is 0.0646. The van der Waals surface area contributed by atoms with Crippen molar-refractivity contribution in [3.05, 3.63) is 35.9 Å². The van der Waals surface area contributed by atoms with Gasteiger partial charge in [0.1, 0.15) is 0 Å². The molecule has 7 heteroatoms.